The average Bonchev–Trinajstić information content (AvgIpc) is 2.63. The molecule has 1 fully saturated rings. The monoisotopic (exact) mass is 227 g/mol. The van der Waals surface area contributed by atoms with E-state index in [1.54, 1.807) is 6.08 Å². The van der Waals surface area contributed by atoms with Crippen molar-refractivity contribution >= 4 is 17.7 Å². The van der Waals surface area contributed by atoms with Crippen molar-refractivity contribution in [1.82, 2.24) is 5.32 Å². The fraction of sp³-hybridized carbons (Fsp3) is 0.750. The molecule has 1 N–H and O–H groups in total. The molecular formula is C12H21NOS. The lowest BCUT2D eigenvalue weighted by atomic mass is 10.3. The molecule has 0 aromatic carbocycles. The van der Waals surface area contributed by atoms with Crippen LogP contribution < -0.4 is 5.32 Å². The molecule has 15 heavy (non-hydrogen) atoms. The van der Waals surface area contributed by atoms with Crippen LogP contribution in [0.1, 0.15) is 39.5 Å². The van der Waals surface area contributed by atoms with Crippen molar-refractivity contribution in [2.75, 3.05) is 12.3 Å². The Hall–Kier alpha value is -0.440. The summed E-state index contributed by atoms with van der Waals surface area (Å²) in [6.07, 6.45) is 7.17. The Morgan fingerprint density at radius 2 is 2.07 bits per heavy atom. The highest BCUT2D eigenvalue weighted by molar-refractivity contribution is 7.99. The van der Waals surface area contributed by atoms with Crippen LogP contribution in [-0.4, -0.2) is 23.5 Å². The third-order valence-electron chi connectivity index (χ3n) is 2.48. The van der Waals surface area contributed by atoms with Crippen molar-refractivity contribution in [1.29, 1.82) is 0 Å². The molecule has 1 saturated carbocycles. The van der Waals surface area contributed by atoms with Crippen molar-refractivity contribution < 1.29 is 4.79 Å². The van der Waals surface area contributed by atoms with E-state index in [1.807, 2.05) is 25.6 Å². The zero-order chi connectivity index (χ0) is 11.1. The van der Waals surface area contributed by atoms with Gasteiger partial charge in [0.2, 0.25) is 5.91 Å². The lowest BCUT2D eigenvalue weighted by Crippen LogP contribution is -2.24. The molecule has 1 aliphatic rings. The van der Waals surface area contributed by atoms with Crippen LogP contribution in [0.4, 0.5) is 0 Å². The number of allylic oxidation sites excluding steroid dienone is 1. The first-order valence-corrected chi connectivity index (χ1v) is 6.77. The maximum absolute atomic E-state index is 11.3. The third kappa shape index (κ3) is 5.88. The van der Waals surface area contributed by atoms with E-state index in [1.165, 1.54) is 25.7 Å². The number of rotatable bonds is 5. The summed E-state index contributed by atoms with van der Waals surface area (Å²) in [6, 6.07) is 0. The van der Waals surface area contributed by atoms with Gasteiger partial charge in [0.25, 0.3) is 0 Å². The van der Waals surface area contributed by atoms with E-state index in [0.29, 0.717) is 0 Å². The second-order valence-corrected chi connectivity index (χ2v) is 5.70. The SMILES string of the molecule is CC(C)=CC(=O)NCCSC1CCCC1. The smallest absolute Gasteiger partial charge is 0.243 e. The largest absolute Gasteiger partial charge is 0.352 e. The summed E-state index contributed by atoms with van der Waals surface area (Å²) in [6.45, 7) is 4.67. The average molecular weight is 227 g/mol. The first-order valence-electron chi connectivity index (χ1n) is 5.73. The molecule has 0 unspecified atom stereocenters. The Bertz CT molecular complexity index is 228. The van der Waals surface area contributed by atoms with E-state index in [2.05, 4.69) is 5.32 Å². The van der Waals surface area contributed by atoms with Gasteiger partial charge in [-0.1, -0.05) is 18.4 Å². The van der Waals surface area contributed by atoms with Crippen molar-refractivity contribution in [2.24, 2.45) is 0 Å². The van der Waals surface area contributed by atoms with Gasteiger partial charge in [0.15, 0.2) is 0 Å². The molecule has 0 aromatic rings. The highest BCUT2D eigenvalue weighted by Gasteiger charge is 2.14. The van der Waals surface area contributed by atoms with Gasteiger partial charge in [0.05, 0.1) is 0 Å². The maximum atomic E-state index is 11.3. The summed E-state index contributed by atoms with van der Waals surface area (Å²) < 4.78 is 0. The number of nitrogens with one attached hydrogen (secondary N) is 1. The summed E-state index contributed by atoms with van der Waals surface area (Å²) in [5.41, 5.74) is 1.05. The maximum Gasteiger partial charge on any atom is 0.243 e. The van der Waals surface area contributed by atoms with E-state index in [-0.39, 0.29) is 5.91 Å². The van der Waals surface area contributed by atoms with Gasteiger partial charge in [-0.25, -0.2) is 0 Å². The quantitative estimate of drug-likeness (QED) is 0.578. The zero-order valence-electron chi connectivity index (χ0n) is 9.71. The number of carbonyl (C=O) groups excluding carboxylic acids is 1. The van der Waals surface area contributed by atoms with Gasteiger partial charge in [-0.3, -0.25) is 4.79 Å². The van der Waals surface area contributed by atoms with Crippen molar-refractivity contribution in [3.63, 3.8) is 0 Å². The summed E-state index contributed by atoms with van der Waals surface area (Å²) in [7, 11) is 0. The Morgan fingerprint density at radius 1 is 1.40 bits per heavy atom. The number of thioether (sulfide) groups is 1. The highest BCUT2D eigenvalue weighted by Crippen LogP contribution is 2.28. The lowest BCUT2D eigenvalue weighted by molar-refractivity contribution is -0.116. The van der Waals surface area contributed by atoms with Crippen molar-refractivity contribution in [3.05, 3.63) is 11.6 Å². The van der Waals surface area contributed by atoms with Gasteiger partial charge in [0.1, 0.15) is 0 Å². The minimum atomic E-state index is 0.0435. The van der Waals surface area contributed by atoms with Crippen LogP contribution >= 0.6 is 11.8 Å². The van der Waals surface area contributed by atoms with Crippen LogP contribution in [0.25, 0.3) is 0 Å². The Balaban J connectivity index is 2.01. The van der Waals surface area contributed by atoms with Crippen molar-refractivity contribution in [2.45, 2.75) is 44.8 Å². The number of hydrogen-bond acceptors (Lipinski definition) is 2. The zero-order valence-corrected chi connectivity index (χ0v) is 10.5. The van der Waals surface area contributed by atoms with Gasteiger partial charge in [0, 0.05) is 23.6 Å². The van der Waals surface area contributed by atoms with Gasteiger partial charge >= 0.3 is 0 Å². The minimum absolute atomic E-state index is 0.0435. The molecule has 0 spiro atoms. The topological polar surface area (TPSA) is 29.1 Å². The first kappa shape index (κ1) is 12.6. The highest BCUT2D eigenvalue weighted by atomic mass is 32.2. The summed E-state index contributed by atoms with van der Waals surface area (Å²) in [5.74, 6) is 1.09. The molecule has 0 atom stereocenters. The van der Waals surface area contributed by atoms with Crippen LogP contribution in [0.3, 0.4) is 0 Å². The standard InChI is InChI=1S/C12H21NOS/c1-10(2)9-12(14)13-7-8-15-11-5-3-4-6-11/h9,11H,3-8H2,1-2H3,(H,13,14). The van der Waals surface area contributed by atoms with Crippen LogP contribution in [-0.2, 0) is 4.79 Å². The molecular weight excluding hydrogens is 206 g/mol. The predicted molar refractivity (Wildman–Crippen MR) is 67.2 cm³/mol. The third-order valence-corrected chi connectivity index (χ3v) is 3.86. The molecule has 86 valence electrons. The lowest BCUT2D eigenvalue weighted by Gasteiger charge is -2.08. The van der Waals surface area contributed by atoms with E-state index < -0.39 is 0 Å². The number of carbonyl (C=O) groups is 1. The van der Waals surface area contributed by atoms with Crippen LogP contribution in [0, 0.1) is 0 Å². The molecule has 1 rings (SSSR count). The summed E-state index contributed by atoms with van der Waals surface area (Å²) >= 11 is 2.01. The molecule has 3 heteroatoms. The van der Waals surface area contributed by atoms with Gasteiger partial charge < -0.3 is 5.32 Å². The first-order chi connectivity index (χ1) is 7.18. The van der Waals surface area contributed by atoms with E-state index in [9.17, 15) is 4.79 Å². The van der Waals surface area contributed by atoms with Crippen LogP contribution in [0.2, 0.25) is 0 Å². The second-order valence-electron chi connectivity index (χ2n) is 4.29. The van der Waals surface area contributed by atoms with E-state index in [0.717, 1.165) is 23.1 Å². The fourth-order valence-corrected chi connectivity index (χ4v) is 2.99. The van der Waals surface area contributed by atoms with Gasteiger partial charge in [-0.15, -0.1) is 0 Å². The Morgan fingerprint density at radius 3 is 2.67 bits per heavy atom. The molecule has 0 aromatic heterocycles. The summed E-state index contributed by atoms with van der Waals surface area (Å²) in [5, 5.41) is 3.75. The molecule has 0 bridgehead atoms. The molecule has 0 aliphatic heterocycles. The molecule has 1 aliphatic carbocycles. The fourth-order valence-electron chi connectivity index (χ4n) is 1.77. The minimum Gasteiger partial charge on any atom is -0.352 e. The predicted octanol–water partition coefficient (Wildman–Crippen LogP) is 2.74. The number of amides is 1. The number of hydrogen-bond donors (Lipinski definition) is 1. The van der Waals surface area contributed by atoms with Gasteiger partial charge in [-0.05, 0) is 26.7 Å². The van der Waals surface area contributed by atoms with Crippen LogP contribution in [0.5, 0.6) is 0 Å². The van der Waals surface area contributed by atoms with Crippen LogP contribution in [0.15, 0.2) is 11.6 Å². The molecule has 0 saturated heterocycles. The molecule has 0 heterocycles. The van der Waals surface area contributed by atoms with Crippen molar-refractivity contribution in [3.8, 4) is 0 Å². The molecule has 0 radical (unpaired) electrons. The second kappa shape index (κ2) is 6.94. The summed E-state index contributed by atoms with van der Waals surface area (Å²) in [4.78, 5) is 11.3. The molecule has 2 nitrogen and oxygen atoms in total. The Labute approximate surface area is 96.9 Å². The van der Waals surface area contributed by atoms with E-state index in [4.69, 9.17) is 0 Å². The van der Waals surface area contributed by atoms with E-state index >= 15 is 0 Å². The van der Waals surface area contributed by atoms with Gasteiger partial charge in [-0.2, -0.15) is 11.8 Å². The normalized spacial score (nSPS) is 16.4. The molecule has 1 amide bonds. The Kier molecular flexibility index (Phi) is 5.84.